The lowest BCUT2D eigenvalue weighted by atomic mass is 10.2. The highest BCUT2D eigenvalue weighted by Gasteiger charge is 2.08. The summed E-state index contributed by atoms with van der Waals surface area (Å²) < 4.78 is 5.70. The van der Waals surface area contributed by atoms with Crippen LogP contribution in [0.15, 0.2) is 10.7 Å². The third kappa shape index (κ3) is 1.41. The van der Waals surface area contributed by atoms with Gasteiger partial charge in [0.2, 0.25) is 5.88 Å². The Morgan fingerprint density at radius 3 is 2.83 bits per heavy atom. The SMILES string of the molecule is COc1ncc(C#N)c(C)c1Br. The zero-order valence-corrected chi connectivity index (χ0v) is 8.34. The Balaban J connectivity index is 3.32. The lowest BCUT2D eigenvalue weighted by Gasteiger charge is -2.04. The highest BCUT2D eigenvalue weighted by molar-refractivity contribution is 9.10. The summed E-state index contributed by atoms with van der Waals surface area (Å²) in [5.74, 6) is 0.506. The molecule has 1 heterocycles. The topological polar surface area (TPSA) is 45.9 Å². The molecule has 4 heteroatoms. The molecule has 62 valence electrons. The summed E-state index contributed by atoms with van der Waals surface area (Å²) in [5.41, 5.74) is 1.41. The van der Waals surface area contributed by atoms with Crippen LogP contribution < -0.4 is 4.74 Å². The quantitative estimate of drug-likeness (QED) is 0.737. The lowest BCUT2D eigenvalue weighted by Crippen LogP contribution is -1.93. The van der Waals surface area contributed by atoms with Crippen molar-refractivity contribution in [1.82, 2.24) is 4.98 Å². The van der Waals surface area contributed by atoms with Crippen LogP contribution in [0.4, 0.5) is 0 Å². The lowest BCUT2D eigenvalue weighted by molar-refractivity contribution is 0.394. The third-order valence-corrected chi connectivity index (χ3v) is 2.48. The van der Waals surface area contributed by atoms with Gasteiger partial charge < -0.3 is 4.74 Å². The van der Waals surface area contributed by atoms with Gasteiger partial charge in [-0.05, 0) is 28.4 Å². The molecule has 1 aromatic rings. The first-order valence-corrected chi connectivity index (χ1v) is 4.09. The van der Waals surface area contributed by atoms with Crippen molar-refractivity contribution in [2.24, 2.45) is 0 Å². The summed E-state index contributed by atoms with van der Waals surface area (Å²) in [5, 5.41) is 8.65. The Bertz CT molecular complexity index is 344. The van der Waals surface area contributed by atoms with Gasteiger partial charge >= 0.3 is 0 Å². The van der Waals surface area contributed by atoms with Gasteiger partial charge in [-0.25, -0.2) is 4.98 Å². The highest BCUT2D eigenvalue weighted by atomic mass is 79.9. The molecule has 0 saturated heterocycles. The van der Waals surface area contributed by atoms with E-state index < -0.39 is 0 Å². The van der Waals surface area contributed by atoms with Gasteiger partial charge in [-0.2, -0.15) is 5.26 Å². The molecular formula is C8H7BrN2O. The van der Waals surface area contributed by atoms with Gasteiger partial charge in [0.05, 0.1) is 17.1 Å². The number of rotatable bonds is 1. The highest BCUT2D eigenvalue weighted by Crippen LogP contribution is 2.27. The number of pyridine rings is 1. The first-order valence-electron chi connectivity index (χ1n) is 3.30. The molecule has 0 amide bonds. The minimum Gasteiger partial charge on any atom is -0.480 e. The van der Waals surface area contributed by atoms with Crippen LogP contribution in [-0.4, -0.2) is 12.1 Å². The maximum absolute atomic E-state index is 8.65. The largest absolute Gasteiger partial charge is 0.480 e. The molecule has 0 fully saturated rings. The first kappa shape index (κ1) is 9.01. The number of methoxy groups -OCH3 is 1. The molecule has 0 aromatic carbocycles. The van der Waals surface area contributed by atoms with Crippen molar-refractivity contribution in [2.45, 2.75) is 6.92 Å². The summed E-state index contributed by atoms with van der Waals surface area (Å²) in [6, 6.07) is 2.04. The maximum atomic E-state index is 8.65. The Hall–Kier alpha value is -1.08. The van der Waals surface area contributed by atoms with Crippen LogP contribution in [0.1, 0.15) is 11.1 Å². The molecule has 0 radical (unpaired) electrons. The van der Waals surface area contributed by atoms with Crippen molar-refractivity contribution < 1.29 is 4.74 Å². The van der Waals surface area contributed by atoms with Crippen LogP contribution in [0.2, 0.25) is 0 Å². The number of hydrogen-bond acceptors (Lipinski definition) is 3. The number of nitrogens with zero attached hydrogens (tertiary/aromatic N) is 2. The molecular weight excluding hydrogens is 220 g/mol. The molecule has 0 spiro atoms. The number of aromatic nitrogens is 1. The zero-order chi connectivity index (χ0) is 9.14. The van der Waals surface area contributed by atoms with E-state index >= 15 is 0 Å². The molecule has 0 saturated carbocycles. The average Bonchev–Trinajstić information content (AvgIpc) is 2.10. The molecule has 0 aliphatic rings. The van der Waals surface area contributed by atoms with E-state index in [2.05, 4.69) is 20.9 Å². The maximum Gasteiger partial charge on any atom is 0.228 e. The summed E-state index contributed by atoms with van der Waals surface area (Å²) in [6.07, 6.45) is 1.50. The van der Waals surface area contributed by atoms with Crippen molar-refractivity contribution in [3.63, 3.8) is 0 Å². The van der Waals surface area contributed by atoms with Crippen LogP contribution >= 0.6 is 15.9 Å². The molecule has 0 unspecified atom stereocenters. The number of nitriles is 1. The average molecular weight is 227 g/mol. The standard InChI is InChI=1S/C8H7BrN2O/c1-5-6(3-10)4-11-8(12-2)7(5)9/h4H,1-2H3. The van der Waals surface area contributed by atoms with Gasteiger partial charge in [-0.3, -0.25) is 0 Å². The molecule has 1 aromatic heterocycles. The van der Waals surface area contributed by atoms with Gasteiger partial charge in [0.15, 0.2) is 0 Å². The summed E-state index contributed by atoms with van der Waals surface area (Å²) in [4.78, 5) is 3.94. The molecule has 3 nitrogen and oxygen atoms in total. The van der Waals surface area contributed by atoms with Crippen LogP contribution in [0.5, 0.6) is 5.88 Å². The molecule has 0 atom stereocenters. The van der Waals surface area contributed by atoms with Crippen LogP contribution in [0.3, 0.4) is 0 Å². The van der Waals surface area contributed by atoms with Gasteiger partial charge in [-0.15, -0.1) is 0 Å². The van der Waals surface area contributed by atoms with Gasteiger partial charge in [0.25, 0.3) is 0 Å². The van der Waals surface area contributed by atoms with E-state index in [4.69, 9.17) is 10.00 Å². The summed E-state index contributed by atoms with van der Waals surface area (Å²) >= 11 is 3.29. The molecule has 0 aliphatic heterocycles. The molecule has 12 heavy (non-hydrogen) atoms. The predicted octanol–water partition coefficient (Wildman–Crippen LogP) is 2.03. The fourth-order valence-corrected chi connectivity index (χ4v) is 1.29. The van der Waals surface area contributed by atoms with Crippen molar-refractivity contribution in [2.75, 3.05) is 7.11 Å². The van der Waals surface area contributed by atoms with E-state index in [1.54, 1.807) is 7.11 Å². The minimum atomic E-state index is 0.506. The van der Waals surface area contributed by atoms with Crippen molar-refractivity contribution in [3.05, 3.63) is 21.8 Å². The Labute approximate surface area is 79.1 Å². The molecule has 0 bridgehead atoms. The number of hydrogen-bond donors (Lipinski definition) is 0. The van der Waals surface area contributed by atoms with Crippen LogP contribution in [0.25, 0.3) is 0 Å². The molecule has 0 N–H and O–H groups in total. The summed E-state index contributed by atoms with van der Waals surface area (Å²) in [7, 11) is 1.54. The minimum absolute atomic E-state index is 0.506. The number of ether oxygens (including phenoxy) is 1. The third-order valence-electron chi connectivity index (χ3n) is 1.55. The van der Waals surface area contributed by atoms with Gasteiger partial charge in [-0.1, -0.05) is 0 Å². The monoisotopic (exact) mass is 226 g/mol. The first-order chi connectivity index (χ1) is 5.70. The molecule has 1 rings (SSSR count). The van der Waals surface area contributed by atoms with E-state index in [9.17, 15) is 0 Å². The fraction of sp³-hybridized carbons (Fsp3) is 0.250. The Morgan fingerprint density at radius 1 is 1.67 bits per heavy atom. The predicted molar refractivity (Wildman–Crippen MR) is 47.9 cm³/mol. The van der Waals surface area contributed by atoms with E-state index in [-0.39, 0.29) is 0 Å². The van der Waals surface area contributed by atoms with E-state index in [1.165, 1.54) is 6.20 Å². The second kappa shape index (κ2) is 3.55. The van der Waals surface area contributed by atoms with E-state index in [0.717, 1.165) is 10.0 Å². The van der Waals surface area contributed by atoms with Crippen LogP contribution in [0, 0.1) is 18.3 Å². The Kier molecular flexibility index (Phi) is 2.66. The zero-order valence-electron chi connectivity index (χ0n) is 6.76. The second-order valence-corrected chi connectivity index (χ2v) is 3.02. The van der Waals surface area contributed by atoms with Crippen molar-refractivity contribution >= 4 is 15.9 Å². The second-order valence-electron chi connectivity index (χ2n) is 2.23. The number of halogens is 1. The smallest absolute Gasteiger partial charge is 0.228 e. The van der Waals surface area contributed by atoms with E-state index in [0.29, 0.717) is 11.4 Å². The van der Waals surface area contributed by atoms with Crippen molar-refractivity contribution in [1.29, 1.82) is 5.26 Å². The summed E-state index contributed by atoms with van der Waals surface area (Å²) in [6.45, 7) is 1.84. The van der Waals surface area contributed by atoms with Gasteiger partial charge in [0, 0.05) is 6.20 Å². The van der Waals surface area contributed by atoms with Crippen molar-refractivity contribution in [3.8, 4) is 11.9 Å². The van der Waals surface area contributed by atoms with Crippen LogP contribution in [-0.2, 0) is 0 Å². The van der Waals surface area contributed by atoms with Gasteiger partial charge in [0.1, 0.15) is 6.07 Å². The Morgan fingerprint density at radius 2 is 2.33 bits per heavy atom. The normalized spacial score (nSPS) is 9.17. The fourth-order valence-electron chi connectivity index (χ4n) is 0.810. The van der Waals surface area contributed by atoms with E-state index in [1.807, 2.05) is 13.0 Å². The molecule has 0 aliphatic carbocycles.